The van der Waals surface area contributed by atoms with Gasteiger partial charge in [-0.1, -0.05) is 0 Å². The number of nitrogen functional groups attached to an aromatic ring is 2. The molecule has 1 aliphatic rings. The van der Waals surface area contributed by atoms with E-state index in [0.29, 0.717) is 18.6 Å². The maximum Gasteiger partial charge on any atom is 0.197 e. The van der Waals surface area contributed by atoms with Gasteiger partial charge in [0.15, 0.2) is 12.0 Å². The molecule has 0 bridgehead atoms. The van der Waals surface area contributed by atoms with Crippen LogP contribution in [0.5, 0.6) is 11.5 Å². The summed E-state index contributed by atoms with van der Waals surface area (Å²) in [5.41, 5.74) is 12.2. The second-order valence-electron chi connectivity index (χ2n) is 3.32. The van der Waals surface area contributed by atoms with Crippen LogP contribution in [0.4, 0.5) is 11.4 Å². The molecule has 5 nitrogen and oxygen atoms in total. The summed E-state index contributed by atoms with van der Waals surface area (Å²) in [4.78, 5) is 0. The number of benzene rings is 1. The maximum atomic E-state index is 9.40. The minimum atomic E-state index is -0.839. The first-order valence-corrected chi connectivity index (χ1v) is 4.34. The Morgan fingerprint density at radius 2 is 2.07 bits per heavy atom. The summed E-state index contributed by atoms with van der Waals surface area (Å²) in [5, 5.41) is 18.7. The lowest BCUT2D eigenvalue weighted by molar-refractivity contribution is -0.0310. The molecule has 1 aromatic rings. The number of hydrogen-bond acceptors (Lipinski definition) is 5. The van der Waals surface area contributed by atoms with E-state index in [1.54, 1.807) is 0 Å². The number of fused-ring (bicyclic) bond motifs is 1. The summed E-state index contributed by atoms with van der Waals surface area (Å²) >= 11 is 0. The van der Waals surface area contributed by atoms with Gasteiger partial charge in [-0.15, -0.1) is 0 Å². The number of hydrogen-bond donors (Lipinski definition) is 4. The van der Waals surface area contributed by atoms with Gasteiger partial charge < -0.3 is 26.4 Å². The van der Waals surface area contributed by atoms with Crippen molar-refractivity contribution in [3.05, 3.63) is 11.6 Å². The number of rotatable bonds is 0. The van der Waals surface area contributed by atoms with Crippen molar-refractivity contribution in [1.82, 2.24) is 0 Å². The van der Waals surface area contributed by atoms with Crippen molar-refractivity contribution in [2.75, 3.05) is 11.5 Å². The monoisotopic (exact) mass is 196 g/mol. The van der Waals surface area contributed by atoms with Crippen LogP contribution in [0.25, 0.3) is 0 Å². The number of phenolic OH excluding ortho intramolecular Hbond substituents is 1. The molecule has 0 amide bonds. The number of aliphatic hydroxyl groups is 1. The lowest BCUT2D eigenvalue weighted by atomic mass is 10.0. The Morgan fingerprint density at radius 3 is 2.79 bits per heavy atom. The fourth-order valence-corrected chi connectivity index (χ4v) is 1.54. The minimum Gasteiger partial charge on any atom is -0.506 e. The van der Waals surface area contributed by atoms with Crippen molar-refractivity contribution in [2.24, 2.45) is 0 Å². The number of phenols is 1. The largest absolute Gasteiger partial charge is 0.506 e. The highest BCUT2D eigenvalue weighted by atomic mass is 16.6. The van der Waals surface area contributed by atoms with Crippen LogP contribution in [-0.4, -0.2) is 16.5 Å². The van der Waals surface area contributed by atoms with Crippen molar-refractivity contribution in [3.63, 3.8) is 0 Å². The third-order valence-electron chi connectivity index (χ3n) is 2.33. The maximum absolute atomic E-state index is 9.40. The number of nitrogens with two attached hydrogens (primary N) is 2. The summed E-state index contributed by atoms with van der Waals surface area (Å²) < 4.78 is 5.14. The molecule has 1 aromatic carbocycles. The predicted octanol–water partition coefficient (Wildman–Crippen LogP) is 0.200. The summed E-state index contributed by atoms with van der Waals surface area (Å²) in [6.45, 7) is 0. The van der Waals surface area contributed by atoms with Crippen LogP contribution in [-0.2, 0) is 6.42 Å². The third-order valence-corrected chi connectivity index (χ3v) is 2.33. The summed E-state index contributed by atoms with van der Waals surface area (Å²) in [7, 11) is 0. The molecule has 1 unspecified atom stereocenters. The van der Waals surface area contributed by atoms with Crippen LogP contribution in [0.15, 0.2) is 6.07 Å². The highest BCUT2D eigenvalue weighted by molar-refractivity contribution is 5.78. The van der Waals surface area contributed by atoms with Gasteiger partial charge in [0, 0.05) is 12.0 Å². The van der Waals surface area contributed by atoms with E-state index in [1.807, 2.05) is 0 Å². The van der Waals surface area contributed by atoms with Gasteiger partial charge in [-0.2, -0.15) is 0 Å². The van der Waals surface area contributed by atoms with Gasteiger partial charge >= 0.3 is 0 Å². The quantitative estimate of drug-likeness (QED) is 0.350. The van der Waals surface area contributed by atoms with Crippen LogP contribution in [0.1, 0.15) is 12.0 Å². The molecule has 0 aliphatic carbocycles. The Labute approximate surface area is 80.9 Å². The first-order chi connectivity index (χ1) is 6.59. The van der Waals surface area contributed by atoms with Gasteiger partial charge in [-0.25, -0.2) is 0 Å². The molecule has 2 rings (SSSR count). The molecule has 76 valence electrons. The van der Waals surface area contributed by atoms with Crippen LogP contribution >= 0.6 is 0 Å². The second kappa shape index (κ2) is 2.95. The number of aryl methyl sites for hydroxylation is 1. The van der Waals surface area contributed by atoms with Crippen LogP contribution in [0.2, 0.25) is 0 Å². The Morgan fingerprint density at radius 1 is 1.36 bits per heavy atom. The smallest absolute Gasteiger partial charge is 0.197 e. The number of anilines is 2. The minimum absolute atomic E-state index is 0.0405. The number of ether oxygens (including phenoxy) is 1. The first-order valence-electron chi connectivity index (χ1n) is 4.34. The molecule has 0 spiro atoms. The SMILES string of the molecule is Nc1c(O)cc2c(c1N)OC(O)CC2. The topological polar surface area (TPSA) is 102 Å². The van der Waals surface area contributed by atoms with Crippen LogP contribution in [0, 0.1) is 0 Å². The van der Waals surface area contributed by atoms with Crippen LogP contribution < -0.4 is 16.2 Å². The Hall–Kier alpha value is -1.62. The normalized spacial score (nSPS) is 19.9. The molecule has 1 aliphatic heterocycles. The van der Waals surface area contributed by atoms with E-state index in [2.05, 4.69) is 0 Å². The molecule has 14 heavy (non-hydrogen) atoms. The molecular weight excluding hydrogens is 184 g/mol. The van der Waals surface area contributed by atoms with Gasteiger partial charge in [0.25, 0.3) is 0 Å². The highest BCUT2D eigenvalue weighted by Gasteiger charge is 2.22. The molecular formula is C9H12N2O3. The van der Waals surface area contributed by atoms with Gasteiger partial charge in [-0.05, 0) is 12.5 Å². The lowest BCUT2D eigenvalue weighted by Gasteiger charge is -2.24. The number of aliphatic hydroxyl groups excluding tert-OH is 1. The Balaban J connectivity index is 2.55. The predicted molar refractivity (Wildman–Crippen MR) is 51.9 cm³/mol. The molecule has 6 N–H and O–H groups in total. The van der Waals surface area contributed by atoms with Crippen molar-refractivity contribution in [1.29, 1.82) is 0 Å². The van der Waals surface area contributed by atoms with Crippen molar-refractivity contribution < 1.29 is 14.9 Å². The average molecular weight is 196 g/mol. The van der Waals surface area contributed by atoms with E-state index in [1.165, 1.54) is 6.07 Å². The van der Waals surface area contributed by atoms with Crippen LogP contribution in [0.3, 0.4) is 0 Å². The second-order valence-corrected chi connectivity index (χ2v) is 3.32. The fourth-order valence-electron chi connectivity index (χ4n) is 1.54. The van der Waals surface area contributed by atoms with E-state index >= 15 is 0 Å². The van der Waals surface area contributed by atoms with Crippen molar-refractivity contribution >= 4 is 11.4 Å². The van der Waals surface area contributed by atoms with Gasteiger partial charge in [0.1, 0.15) is 17.1 Å². The van der Waals surface area contributed by atoms with Crippen molar-refractivity contribution in [2.45, 2.75) is 19.1 Å². The third kappa shape index (κ3) is 1.22. The highest BCUT2D eigenvalue weighted by Crippen LogP contribution is 2.41. The number of aromatic hydroxyl groups is 1. The van der Waals surface area contributed by atoms with E-state index in [4.69, 9.17) is 16.2 Å². The molecule has 0 aromatic heterocycles. The summed E-state index contributed by atoms with van der Waals surface area (Å²) in [6, 6.07) is 1.52. The standard InChI is InChI=1S/C9H12N2O3/c10-7-5(12)3-4-1-2-6(13)14-9(4)8(7)11/h3,6,12-13H,1-2,10-11H2. The Kier molecular flexibility index (Phi) is 1.89. The zero-order valence-electron chi connectivity index (χ0n) is 7.53. The van der Waals surface area contributed by atoms with E-state index < -0.39 is 6.29 Å². The zero-order chi connectivity index (χ0) is 10.3. The lowest BCUT2D eigenvalue weighted by Crippen LogP contribution is -2.22. The molecule has 1 atom stereocenters. The molecule has 0 radical (unpaired) electrons. The Bertz CT molecular complexity index is 379. The van der Waals surface area contributed by atoms with Gasteiger partial charge in [0.05, 0.1) is 0 Å². The average Bonchev–Trinajstić information content (AvgIpc) is 2.16. The first kappa shape index (κ1) is 8.96. The zero-order valence-corrected chi connectivity index (χ0v) is 7.53. The fraction of sp³-hybridized carbons (Fsp3) is 0.333. The molecule has 0 saturated carbocycles. The summed E-state index contributed by atoms with van der Waals surface area (Å²) in [5.74, 6) is 0.347. The van der Waals surface area contributed by atoms with E-state index in [0.717, 1.165) is 5.56 Å². The van der Waals surface area contributed by atoms with E-state index in [-0.39, 0.29) is 17.1 Å². The molecule has 0 saturated heterocycles. The molecule has 0 fully saturated rings. The molecule has 5 heteroatoms. The van der Waals surface area contributed by atoms with Crippen molar-refractivity contribution in [3.8, 4) is 11.5 Å². The van der Waals surface area contributed by atoms with E-state index in [9.17, 15) is 10.2 Å². The van der Waals surface area contributed by atoms with Gasteiger partial charge in [0.2, 0.25) is 0 Å². The molecule has 1 heterocycles. The van der Waals surface area contributed by atoms with Gasteiger partial charge in [-0.3, -0.25) is 0 Å². The summed E-state index contributed by atoms with van der Waals surface area (Å²) in [6.07, 6.45) is 0.276.